The number of carbonyl (C=O) groups is 1. The Morgan fingerprint density at radius 1 is 1.12 bits per heavy atom. The van der Waals surface area contributed by atoms with Crippen LogP contribution in [0.4, 0.5) is 11.5 Å². The van der Waals surface area contributed by atoms with Crippen LogP contribution in [0.2, 0.25) is 0 Å². The smallest absolute Gasteiger partial charge is 0.148 e. The number of hydrogen-bond acceptors (Lipinski definition) is 5. The molecule has 0 bridgehead atoms. The van der Waals surface area contributed by atoms with E-state index in [-0.39, 0.29) is 0 Å². The molecule has 4 aliphatic rings. The summed E-state index contributed by atoms with van der Waals surface area (Å²) in [5.74, 6) is 12.3. The minimum absolute atomic E-state index is 0.359. The third-order valence-corrected chi connectivity index (χ3v) is 9.92. The van der Waals surface area contributed by atoms with Gasteiger partial charge in [0.15, 0.2) is 0 Å². The van der Waals surface area contributed by atoms with Gasteiger partial charge in [0.2, 0.25) is 0 Å². The van der Waals surface area contributed by atoms with Gasteiger partial charge in [0.25, 0.3) is 0 Å². The van der Waals surface area contributed by atoms with Crippen molar-refractivity contribution in [2.75, 3.05) is 17.3 Å². The predicted molar refractivity (Wildman–Crippen MR) is 132 cm³/mol. The van der Waals surface area contributed by atoms with E-state index in [2.05, 4.69) is 18.8 Å². The van der Waals surface area contributed by atoms with Gasteiger partial charge in [-0.3, -0.25) is 0 Å². The molecule has 5 nitrogen and oxygen atoms in total. The summed E-state index contributed by atoms with van der Waals surface area (Å²) in [6.07, 6.45) is 15.7. The lowest BCUT2D eigenvalue weighted by Crippen LogP contribution is -2.48. The summed E-state index contributed by atoms with van der Waals surface area (Å²) in [7, 11) is 0. The van der Waals surface area contributed by atoms with Crippen LogP contribution >= 0.6 is 0 Å². The molecular weight excluding hydrogens is 396 g/mol. The number of hydrogen-bond donors (Lipinski definition) is 2. The number of pyridine rings is 1. The summed E-state index contributed by atoms with van der Waals surface area (Å²) >= 11 is 0. The summed E-state index contributed by atoms with van der Waals surface area (Å²) in [5, 5.41) is 1.56. The molecule has 0 aliphatic heterocycles. The Kier molecular flexibility index (Phi) is 7.14. The van der Waals surface area contributed by atoms with Gasteiger partial charge in [0.1, 0.15) is 12.1 Å². The molecule has 5 heteroatoms. The second kappa shape index (κ2) is 9.70. The van der Waals surface area contributed by atoms with Crippen LogP contribution in [0, 0.1) is 46.8 Å². The molecule has 178 valence electrons. The van der Waals surface area contributed by atoms with Crippen molar-refractivity contribution in [2.24, 2.45) is 52.7 Å². The fraction of sp³-hybridized carbons (Fsp3) is 0.778. The van der Waals surface area contributed by atoms with Crippen molar-refractivity contribution in [3.05, 3.63) is 18.3 Å². The quantitative estimate of drug-likeness (QED) is 0.371. The molecule has 4 saturated carbocycles. The van der Waals surface area contributed by atoms with E-state index in [4.69, 9.17) is 11.6 Å². The molecule has 0 saturated heterocycles. The maximum absolute atomic E-state index is 11.5. The van der Waals surface area contributed by atoms with Crippen molar-refractivity contribution in [3.8, 4) is 0 Å². The van der Waals surface area contributed by atoms with Crippen molar-refractivity contribution in [2.45, 2.75) is 78.6 Å². The molecule has 32 heavy (non-hydrogen) atoms. The molecule has 0 amide bonds. The number of hydrazine groups is 1. The van der Waals surface area contributed by atoms with E-state index < -0.39 is 0 Å². The Balaban J connectivity index is 0.000000189. The fourth-order valence-electron chi connectivity index (χ4n) is 8.17. The highest BCUT2D eigenvalue weighted by Crippen LogP contribution is 2.64. The number of carbonyl (C=O) groups excluding carboxylic acids is 1. The van der Waals surface area contributed by atoms with Gasteiger partial charge in [0, 0.05) is 18.7 Å². The number of nitrogen functional groups attached to an aromatic ring is 1. The highest BCUT2D eigenvalue weighted by atomic mass is 16.1. The zero-order valence-electron chi connectivity index (χ0n) is 20.4. The van der Waals surface area contributed by atoms with E-state index in [9.17, 15) is 4.79 Å². The van der Waals surface area contributed by atoms with E-state index in [0.717, 1.165) is 47.7 Å². The first-order valence-corrected chi connectivity index (χ1v) is 13.1. The Morgan fingerprint density at radius 3 is 2.62 bits per heavy atom. The van der Waals surface area contributed by atoms with E-state index >= 15 is 0 Å². The number of nitrogens with two attached hydrogens (primary N) is 2. The van der Waals surface area contributed by atoms with Gasteiger partial charge in [-0.25, -0.2) is 10.8 Å². The second-order valence-corrected chi connectivity index (χ2v) is 11.4. The molecule has 0 spiro atoms. The number of aromatic nitrogens is 1. The lowest BCUT2D eigenvalue weighted by Gasteiger charge is -2.56. The lowest BCUT2D eigenvalue weighted by atomic mass is 9.49. The van der Waals surface area contributed by atoms with Crippen LogP contribution in [0.15, 0.2) is 18.3 Å². The van der Waals surface area contributed by atoms with Crippen LogP contribution in [0.3, 0.4) is 0 Å². The van der Waals surface area contributed by atoms with Crippen LogP contribution in [0.1, 0.15) is 78.6 Å². The highest BCUT2D eigenvalue weighted by Gasteiger charge is 2.56. The summed E-state index contributed by atoms with van der Waals surface area (Å²) in [4.78, 5) is 15.4. The number of nitrogens with zero attached hydrogens (tertiary/aromatic N) is 2. The number of aldehydes is 1. The van der Waals surface area contributed by atoms with Crippen LogP contribution in [0.5, 0.6) is 0 Å². The van der Waals surface area contributed by atoms with E-state index in [1.54, 1.807) is 17.3 Å². The van der Waals surface area contributed by atoms with Gasteiger partial charge in [-0.15, -0.1) is 0 Å². The third-order valence-electron chi connectivity index (χ3n) is 9.92. The first-order valence-electron chi connectivity index (χ1n) is 13.1. The Hall–Kier alpha value is -1.62. The largest absolute Gasteiger partial charge is 0.382 e. The summed E-state index contributed by atoms with van der Waals surface area (Å²) in [6, 6.07) is 3.65. The second-order valence-electron chi connectivity index (χ2n) is 11.4. The highest BCUT2D eigenvalue weighted by molar-refractivity contribution is 5.61. The average molecular weight is 441 g/mol. The number of rotatable bonds is 3. The molecule has 4 N–H and O–H groups in total. The first kappa shape index (κ1) is 23.5. The van der Waals surface area contributed by atoms with Crippen molar-refractivity contribution in [1.29, 1.82) is 0 Å². The Labute approximate surface area is 194 Å². The molecule has 0 radical (unpaired) electrons. The summed E-state index contributed by atoms with van der Waals surface area (Å²) in [6.45, 7) is 7.59. The topological polar surface area (TPSA) is 85.2 Å². The van der Waals surface area contributed by atoms with Gasteiger partial charge in [0.05, 0.1) is 5.69 Å². The van der Waals surface area contributed by atoms with E-state index in [1.807, 2.05) is 13.0 Å². The van der Waals surface area contributed by atoms with Crippen LogP contribution in [-0.2, 0) is 4.79 Å². The van der Waals surface area contributed by atoms with Gasteiger partial charge in [-0.2, -0.15) is 0 Å². The van der Waals surface area contributed by atoms with E-state index in [0.29, 0.717) is 17.2 Å². The molecule has 1 heterocycles. The molecule has 4 aliphatic carbocycles. The average Bonchev–Trinajstić information content (AvgIpc) is 3.15. The van der Waals surface area contributed by atoms with Gasteiger partial charge >= 0.3 is 0 Å². The SMILES string of the molecule is CC1CCC2C(CCC3C2CCC2(C)C(C=O)CCC32)C1.CCN(N)c1cccnc1N. The van der Waals surface area contributed by atoms with Crippen molar-refractivity contribution >= 4 is 17.8 Å². The number of fused-ring (bicyclic) bond motifs is 5. The Morgan fingerprint density at radius 2 is 1.91 bits per heavy atom. The molecule has 8 atom stereocenters. The molecule has 0 aromatic carbocycles. The maximum Gasteiger partial charge on any atom is 0.148 e. The predicted octanol–water partition coefficient (Wildman–Crippen LogP) is 5.45. The molecule has 4 fully saturated rings. The Bertz CT molecular complexity index is 785. The summed E-state index contributed by atoms with van der Waals surface area (Å²) in [5.41, 5.74) is 6.70. The molecular formula is C27H44N4O. The van der Waals surface area contributed by atoms with Crippen molar-refractivity contribution in [3.63, 3.8) is 0 Å². The van der Waals surface area contributed by atoms with Crippen molar-refractivity contribution in [1.82, 2.24) is 4.98 Å². The zero-order valence-corrected chi connectivity index (χ0v) is 20.4. The monoisotopic (exact) mass is 440 g/mol. The lowest BCUT2D eigenvalue weighted by molar-refractivity contribution is -0.118. The molecule has 5 rings (SSSR count). The van der Waals surface area contributed by atoms with Crippen LogP contribution in [-0.4, -0.2) is 17.8 Å². The third kappa shape index (κ3) is 4.30. The first-order chi connectivity index (χ1) is 15.4. The standard InChI is InChI=1S/C20H32O.C7H12N4/c1-13-3-6-16-14(11-13)4-7-18-17(16)9-10-20(2)15(12-21)5-8-19(18)20;1-2-11(9)6-4-3-5-10-7(6)8/h12-19H,3-11H2,1-2H3;3-5H,2,9H2,1H3,(H2,8,10). The zero-order chi connectivity index (χ0) is 22.9. The van der Waals surface area contributed by atoms with E-state index in [1.165, 1.54) is 64.1 Å². The van der Waals surface area contributed by atoms with Gasteiger partial charge in [-0.1, -0.05) is 20.3 Å². The summed E-state index contributed by atoms with van der Waals surface area (Å²) < 4.78 is 0. The van der Waals surface area contributed by atoms with Gasteiger partial charge < -0.3 is 15.5 Å². The van der Waals surface area contributed by atoms with Gasteiger partial charge in [-0.05, 0) is 111 Å². The fourth-order valence-corrected chi connectivity index (χ4v) is 8.17. The maximum atomic E-state index is 11.5. The van der Waals surface area contributed by atoms with Crippen molar-refractivity contribution < 1.29 is 4.79 Å². The van der Waals surface area contributed by atoms with Crippen LogP contribution < -0.4 is 16.6 Å². The molecule has 1 aromatic rings. The minimum Gasteiger partial charge on any atom is -0.382 e. The normalized spacial score (nSPS) is 40.2. The molecule has 8 unspecified atom stereocenters. The minimum atomic E-state index is 0.359. The van der Waals surface area contributed by atoms with Crippen LogP contribution in [0.25, 0.3) is 0 Å². The number of anilines is 2. The molecule has 1 aromatic heterocycles.